The monoisotopic (exact) mass is 259 g/mol. The van der Waals surface area contributed by atoms with Crippen LogP contribution in [0.4, 0.5) is 0 Å². The second-order valence-corrected chi connectivity index (χ2v) is 4.87. The van der Waals surface area contributed by atoms with E-state index in [2.05, 4.69) is 18.3 Å². The van der Waals surface area contributed by atoms with Crippen molar-refractivity contribution >= 4 is 33.3 Å². The van der Waals surface area contributed by atoms with Crippen LogP contribution in [0.1, 0.15) is 11.3 Å². The van der Waals surface area contributed by atoms with Gasteiger partial charge in [-0.15, -0.1) is 0 Å². The first-order valence-corrected chi connectivity index (χ1v) is 6.34. The highest BCUT2D eigenvalue weighted by Crippen LogP contribution is 2.35. The van der Waals surface area contributed by atoms with Crippen LogP contribution in [0, 0.1) is 6.92 Å². The quantitative estimate of drug-likeness (QED) is 0.744. The first kappa shape index (κ1) is 11.6. The van der Waals surface area contributed by atoms with Crippen LogP contribution in [-0.4, -0.2) is 7.05 Å². The summed E-state index contributed by atoms with van der Waals surface area (Å²) in [6.07, 6.45) is 0. The molecule has 1 aromatic heterocycles. The van der Waals surface area contributed by atoms with Gasteiger partial charge in [0.15, 0.2) is 0 Å². The average Bonchev–Trinajstić information content (AvgIpc) is 2.69. The van der Waals surface area contributed by atoms with Gasteiger partial charge < -0.3 is 9.73 Å². The summed E-state index contributed by atoms with van der Waals surface area (Å²) in [7, 11) is 1.91. The van der Waals surface area contributed by atoms with Crippen molar-refractivity contribution in [3.8, 4) is 0 Å². The van der Waals surface area contributed by atoms with E-state index in [4.69, 9.17) is 16.0 Å². The van der Waals surface area contributed by atoms with Gasteiger partial charge in [0.1, 0.15) is 11.3 Å². The Morgan fingerprint density at radius 3 is 2.61 bits per heavy atom. The molecule has 18 heavy (non-hydrogen) atoms. The average molecular weight is 260 g/mol. The number of hydrogen-bond acceptors (Lipinski definition) is 2. The van der Waals surface area contributed by atoms with E-state index in [0.717, 1.165) is 44.6 Å². The highest BCUT2D eigenvalue weighted by atomic mass is 35.5. The van der Waals surface area contributed by atoms with Crippen LogP contribution in [0.25, 0.3) is 21.7 Å². The highest BCUT2D eigenvalue weighted by molar-refractivity contribution is 6.37. The molecule has 0 aliphatic carbocycles. The van der Waals surface area contributed by atoms with E-state index in [0.29, 0.717) is 0 Å². The van der Waals surface area contributed by atoms with Crippen molar-refractivity contribution in [3.63, 3.8) is 0 Å². The molecule has 2 aromatic carbocycles. The smallest absolute Gasteiger partial charge is 0.142 e. The van der Waals surface area contributed by atoms with Gasteiger partial charge in [-0.1, -0.05) is 35.9 Å². The van der Waals surface area contributed by atoms with E-state index in [1.54, 1.807) is 0 Å². The van der Waals surface area contributed by atoms with E-state index >= 15 is 0 Å². The number of aryl methyl sites for hydroxylation is 1. The van der Waals surface area contributed by atoms with Crippen molar-refractivity contribution in [1.82, 2.24) is 5.32 Å². The Morgan fingerprint density at radius 1 is 1.17 bits per heavy atom. The summed E-state index contributed by atoms with van der Waals surface area (Å²) in [6.45, 7) is 2.80. The van der Waals surface area contributed by atoms with Gasteiger partial charge in [0.25, 0.3) is 0 Å². The van der Waals surface area contributed by atoms with Crippen LogP contribution >= 0.6 is 11.6 Å². The molecule has 3 aromatic rings. The molecule has 0 aliphatic rings. The number of benzene rings is 2. The van der Waals surface area contributed by atoms with Gasteiger partial charge in [-0.25, -0.2) is 0 Å². The number of hydrogen-bond donors (Lipinski definition) is 1. The van der Waals surface area contributed by atoms with Crippen molar-refractivity contribution in [2.75, 3.05) is 7.05 Å². The van der Waals surface area contributed by atoms with Crippen LogP contribution in [0.5, 0.6) is 0 Å². The fraction of sp³-hybridized carbons (Fsp3) is 0.200. The van der Waals surface area contributed by atoms with Gasteiger partial charge >= 0.3 is 0 Å². The molecule has 0 fully saturated rings. The number of rotatable bonds is 2. The van der Waals surface area contributed by atoms with Gasteiger partial charge in [0.05, 0.1) is 6.54 Å². The fourth-order valence-electron chi connectivity index (χ4n) is 2.37. The highest BCUT2D eigenvalue weighted by Gasteiger charge is 2.14. The number of fused-ring (bicyclic) bond motifs is 3. The molecule has 0 unspecified atom stereocenters. The Kier molecular flexibility index (Phi) is 2.77. The van der Waals surface area contributed by atoms with Crippen molar-refractivity contribution < 1.29 is 4.42 Å². The normalized spacial score (nSPS) is 11.5. The van der Waals surface area contributed by atoms with E-state index in [9.17, 15) is 0 Å². The molecule has 3 heteroatoms. The van der Waals surface area contributed by atoms with Crippen LogP contribution in [0.2, 0.25) is 5.02 Å². The molecule has 0 spiro atoms. The summed E-state index contributed by atoms with van der Waals surface area (Å²) in [4.78, 5) is 0. The zero-order valence-corrected chi connectivity index (χ0v) is 11.1. The molecule has 0 saturated heterocycles. The Hall–Kier alpha value is -1.51. The Labute approximate surface area is 111 Å². The maximum atomic E-state index is 6.34. The van der Waals surface area contributed by atoms with Gasteiger partial charge in [-0.3, -0.25) is 0 Å². The van der Waals surface area contributed by atoms with Crippen LogP contribution in [0.15, 0.2) is 34.7 Å². The molecule has 92 valence electrons. The van der Waals surface area contributed by atoms with E-state index < -0.39 is 0 Å². The summed E-state index contributed by atoms with van der Waals surface area (Å²) < 4.78 is 5.99. The van der Waals surface area contributed by atoms with Gasteiger partial charge in [-0.2, -0.15) is 0 Å². The predicted octanol–water partition coefficient (Wildman–Crippen LogP) is 4.27. The van der Waals surface area contributed by atoms with Crippen LogP contribution in [-0.2, 0) is 6.54 Å². The first-order chi connectivity index (χ1) is 8.72. The third-order valence-electron chi connectivity index (χ3n) is 3.33. The maximum absolute atomic E-state index is 6.34. The molecule has 0 atom stereocenters. The third kappa shape index (κ3) is 1.61. The maximum Gasteiger partial charge on any atom is 0.142 e. The Bertz CT molecular complexity index is 730. The summed E-state index contributed by atoms with van der Waals surface area (Å²) in [6, 6.07) is 10.1. The van der Waals surface area contributed by atoms with Crippen molar-refractivity contribution in [2.45, 2.75) is 13.5 Å². The zero-order chi connectivity index (χ0) is 12.7. The molecule has 0 amide bonds. The SMILES string of the molecule is CNCc1oc2c(cc(Cl)c3ccccc32)c1C. The van der Waals surface area contributed by atoms with Crippen LogP contribution < -0.4 is 5.32 Å². The lowest BCUT2D eigenvalue weighted by atomic mass is 10.1. The second-order valence-electron chi connectivity index (χ2n) is 4.46. The summed E-state index contributed by atoms with van der Waals surface area (Å²) in [5.74, 6) is 0.972. The van der Waals surface area contributed by atoms with Crippen molar-refractivity contribution in [3.05, 3.63) is 46.7 Å². The van der Waals surface area contributed by atoms with Gasteiger partial charge in [0, 0.05) is 21.2 Å². The molecule has 3 rings (SSSR count). The standard InChI is InChI=1S/C15H14ClNO/c1-9-12-7-13(16)10-5-3-4-6-11(10)15(12)18-14(9)8-17-2/h3-7,17H,8H2,1-2H3. The minimum atomic E-state index is 0.729. The van der Waals surface area contributed by atoms with Crippen molar-refractivity contribution in [2.24, 2.45) is 0 Å². The summed E-state index contributed by atoms with van der Waals surface area (Å²) in [5, 5.41) is 7.11. The molecule has 0 radical (unpaired) electrons. The van der Waals surface area contributed by atoms with Gasteiger partial charge in [0.2, 0.25) is 0 Å². The fourth-order valence-corrected chi connectivity index (χ4v) is 2.65. The molecular formula is C15H14ClNO. The molecular weight excluding hydrogens is 246 g/mol. The van der Waals surface area contributed by atoms with E-state index in [1.807, 2.05) is 31.3 Å². The molecule has 0 aliphatic heterocycles. The first-order valence-electron chi connectivity index (χ1n) is 5.96. The van der Waals surface area contributed by atoms with Gasteiger partial charge in [-0.05, 0) is 25.6 Å². The number of furan rings is 1. The lowest BCUT2D eigenvalue weighted by Crippen LogP contribution is -2.04. The molecule has 1 N–H and O–H groups in total. The zero-order valence-electron chi connectivity index (χ0n) is 10.4. The summed E-state index contributed by atoms with van der Waals surface area (Å²) in [5.41, 5.74) is 2.09. The Morgan fingerprint density at radius 2 is 1.89 bits per heavy atom. The molecule has 0 bridgehead atoms. The Balaban J connectivity index is 2.44. The predicted molar refractivity (Wildman–Crippen MR) is 76.2 cm³/mol. The van der Waals surface area contributed by atoms with Crippen molar-refractivity contribution in [1.29, 1.82) is 0 Å². The lowest BCUT2D eigenvalue weighted by Gasteiger charge is -2.01. The third-order valence-corrected chi connectivity index (χ3v) is 3.64. The van der Waals surface area contributed by atoms with E-state index in [-0.39, 0.29) is 0 Å². The van der Waals surface area contributed by atoms with E-state index in [1.165, 1.54) is 0 Å². The minimum Gasteiger partial charge on any atom is -0.459 e. The topological polar surface area (TPSA) is 25.2 Å². The number of nitrogens with one attached hydrogen (secondary N) is 1. The number of halogens is 1. The molecule has 2 nitrogen and oxygen atoms in total. The second kappa shape index (κ2) is 4.30. The van der Waals surface area contributed by atoms with Crippen LogP contribution in [0.3, 0.4) is 0 Å². The minimum absolute atomic E-state index is 0.729. The molecule has 1 heterocycles. The summed E-state index contributed by atoms with van der Waals surface area (Å²) >= 11 is 6.34. The largest absolute Gasteiger partial charge is 0.459 e. The molecule has 0 saturated carbocycles. The lowest BCUT2D eigenvalue weighted by molar-refractivity contribution is 0.529.